The molecule has 3 heterocycles. The fraction of sp³-hybridized carbons (Fsp3) is 0.0968. The summed E-state index contributed by atoms with van der Waals surface area (Å²) >= 11 is 0. The van der Waals surface area contributed by atoms with E-state index in [2.05, 4.69) is 15.3 Å². The number of aromatic amines is 1. The molecule has 1 unspecified atom stereocenters. The van der Waals surface area contributed by atoms with Crippen LogP contribution in [-0.4, -0.2) is 40.4 Å². The Kier molecular flexibility index (Phi) is 6.43. The van der Waals surface area contributed by atoms with Crippen molar-refractivity contribution in [1.82, 2.24) is 15.3 Å². The van der Waals surface area contributed by atoms with Crippen LogP contribution in [0.25, 0.3) is 55.7 Å². The number of H-pyrrole nitrogens is 1. The summed E-state index contributed by atoms with van der Waals surface area (Å²) in [7, 11) is 1.95. The van der Waals surface area contributed by atoms with Gasteiger partial charge in [-0.2, -0.15) is 0 Å². The number of carbonyl (C=O) groups excluding carboxylic acids is 1. The van der Waals surface area contributed by atoms with Crippen LogP contribution in [0.1, 0.15) is 10.4 Å². The fourth-order valence-electron chi connectivity index (χ4n) is 4.87. The maximum atomic E-state index is 13.7. The molecule has 0 radical (unpaired) electrons. The number of benzene rings is 3. The molecule has 0 bridgehead atoms. The first kappa shape index (κ1) is 25.5. The Labute approximate surface area is 232 Å². The van der Waals surface area contributed by atoms with Gasteiger partial charge >= 0.3 is 0 Å². The topological polar surface area (TPSA) is 91.2 Å². The summed E-state index contributed by atoms with van der Waals surface area (Å²) < 4.78 is 34.1. The molecule has 2 N–H and O–H groups in total. The number of aromatic nitrogens is 2. The molecular weight excluding hydrogens is 527 g/mol. The van der Waals surface area contributed by atoms with E-state index in [-0.39, 0.29) is 11.7 Å². The summed E-state index contributed by atoms with van der Waals surface area (Å²) in [5.41, 5.74) is 6.20. The van der Waals surface area contributed by atoms with Crippen molar-refractivity contribution in [3.8, 4) is 33.8 Å². The van der Waals surface area contributed by atoms with Gasteiger partial charge in [-0.15, -0.1) is 0 Å². The predicted molar refractivity (Wildman–Crippen MR) is 158 cm³/mol. The highest BCUT2D eigenvalue weighted by molar-refractivity contribution is 7.85. The minimum absolute atomic E-state index is 0.325. The van der Waals surface area contributed by atoms with E-state index < -0.39 is 11.0 Å². The standard InChI is InChI=1S/C31H25FN4O3S/c1-33-31(37)29-23-16-22(19-12-13-34-25(14-19)26-15-20-6-4-5-7-24(20)35-26)27(36(2)40(3)38)17-28(23)39-30(29)18-8-10-21(32)11-9-18/h4-17,35H,1-3H3,(H,33,37). The molecule has 1 amide bonds. The van der Waals surface area contributed by atoms with Crippen molar-refractivity contribution >= 4 is 44.5 Å². The SMILES string of the molecule is CNC(=O)c1c(-c2ccc(F)cc2)oc2cc(N(C)S(C)=O)c(-c3ccnc(-c4cc5ccccc5[nH]4)c3)cc12. The lowest BCUT2D eigenvalue weighted by molar-refractivity contribution is 0.0964. The number of halogens is 1. The Bertz CT molecular complexity index is 1890. The van der Waals surface area contributed by atoms with E-state index in [1.165, 1.54) is 12.1 Å². The summed E-state index contributed by atoms with van der Waals surface area (Å²) in [6.45, 7) is 0. The molecule has 0 saturated carbocycles. The third kappa shape index (κ3) is 4.44. The molecule has 40 heavy (non-hydrogen) atoms. The normalized spacial score (nSPS) is 12.1. The molecule has 0 aliphatic carbocycles. The summed E-state index contributed by atoms with van der Waals surface area (Å²) in [4.78, 5) is 21.1. The zero-order valence-corrected chi connectivity index (χ0v) is 22.8. The third-order valence-electron chi connectivity index (χ3n) is 6.97. The van der Waals surface area contributed by atoms with Crippen LogP contribution in [0.4, 0.5) is 10.1 Å². The second-order valence-electron chi connectivity index (χ2n) is 9.38. The van der Waals surface area contributed by atoms with Gasteiger partial charge in [0.25, 0.3) is 5.91 Å². The smallest absolute Gasteiger partial charge is 0.255 e. The van der Waals surface area contributed by atoms with E-state index in [0.717, 1.165) is 33.4 Å². The molecule has 0 aliphatic rings. The Morgan fingerprint density at radius 3 is 2.52 bits per heavy atom. The maximum Gasteiger partial charge on any atom is 0.255 e. The van der Waals surface area contributed by atoms with Crippen LogP contribution in [0.2, 0.25) is 0 Å². The van der Waals surface area contributed by atoms with Gasteiger partial charge in [0.15, 0.2) is 0 Å². The minimum atomic E-state index is -1.34. The van der Waals surface area contributed by atoms with Gasteiger partial charge in [-0.05, 0) is 60.2 Å². The van der Waals surface area contributed by atoms with Gasteiger partial charge in [0, 0.05) is 60.0 Å². The molecule has 7 nitrogen and oxygen atoms in total. The lowest BCUT2D eigenvalue weighted by atomic mass is 9.98. The first-order valence-corrected chi connectivity index (χ1v) is 14.1. The summed E-state index contributed by atoms with van der Waals surface area (Å²) in [6.07, 6.45) is 3.32. The number of furan rings is 1. The number of rotatable bonds is 6. The van der Waals surface area contributed by atoms with E-state index in [1.807, 2.05) is 48.5 Å². The number of nitrogens with zero attached hydrogens (tertiary/aromatic N) is 2. The molecule has 0 fully saturated rings. The number of amides is 1. The fourth-order valence-corrected chi connectivity index (χ4v) is 5.30. The number of para-hydroxylation sites is 1. The number of nitrogens with one attached hydrogen (secondary N) is 2. The highest BCUT2D eigenvalue weighted by Gasteiger charge is 2.25. The summed E-state index contributed by atoms with van der Waals surface area (Å²) in [5, 5.41) is 4.35. The van der Waals surface area contributed by atoms with Crippen LogP contribution in [0, 0.1) is 5.82 Å². The van der Waals surface area contributed by atoms with Crippen LogP contribution < -0.4 is 9.62 Å². The molecule has 3 aromatic heterocycles. The molecular formula is C31H25FN4O3S. The molecule has 6 aromatic rings. The van der Waals surface area contributed by atoms with Crippen molar-refractivity contribution in [2.75, 3.05) is 24.7 Å². The average molecular weight is 553 g/mol. The number of pyridine rings is 1. The molecule has 200 valence electrons. The number of carbonyl (C=O) groups is 1. The van der Waals surface area contributed by atoms with Crippen LogP contribution in [0.3, 0.4) is 0 Å². The van der Waals surface area contributed by atoms with E-state index in [9.17, 15) is 13.4 Å². The Hall–Kier alpha value is -4.76. The molecule has 3 aromatic carbocycles. The van der Waals surface area contributed by atoms with Crippen molar-refractivity contribution in [2.24, 2.45) is 0 Å². The number of fused-ring (bicyclic) bond motifs is 2. The Balaban J connectivity index is 1.58. The lowest BCUT2D eigenvalue weighted by Crippen LogP contribution is -2.20. The van der Waals surface area contributed by atoms with Gasteiger partial charge in [0.1, 0.15) is 28.1 Å². The third-order valence-corrected chi connectivity index (χ3v) is 7.94. The van der Waals surface area contributed by atoms with Crippen molar-refractivity contribution < 1.29 is 17.8 Å². The van der Waals surface area contributed by atoms with Gasteiger partial charge in [-0.1, -0.05) is 18.2 Å². The van der Waals surface area contributed by atoms with Gasteiger partial charge in [0.05, 0.1) is 22.6 Å². The zero-order chi connectivity index (χ0) is 28.0. The van der Waals surface area contributed by atoms with Gasteiger partial charge < -0.3 is 14.7 Å². The zero-order valence-electron chi connectivity index (χ0n) is 22.0. The maximum absolute atomic E-state index is 13.7. The molecule has 1 atom stereocenters. The van der Waals surface area contributed by atoms with Crippen molar-refractivity contribution in [3.05, 3.63) is 96.4 Å². The average Bonchev–Trinajstić information content (AvgIpc) is 3.58. The van der Waals surface area contributed by atoms with Crippen molar-refractivity contribution in [3.63, 3.8) is 0 Å². The van der Waals surface area contributed by atoms with Crippen molar-refractivity contribution in [1.29, 1.82) is 0 Å². The Morgan fingerprint density at radius 2 is 1.80 bits per heavy atom. The Morgan fingerprint density at radius 1 is 1.02 bits per heavy atom. The van der Waals surface area contributed by atoms with E-state index in [1.54, 1.807) is 49.1 Å². The molecule has 9 heteroatoms. The van der Waals surface area contributed by atoms with E-state index in [0.29, 0.717) is 33.5 Å². The molecule has 0 spiro atoms. The predicted octanol–water partition coefficient (Wildman–Crippen LogP) is 6.54. The van der Waals surface area contributed by atoms with Crippen LogP contribution >= 0.6 is 0 Å². The van der Waals surface area contributed by atoms with Crippen LogP contribution in [-0.2, 0) is 11.0 Å². The summed E-state index contributed by atoms with van der Waals surface area (Å²) in [5.74, 6) is -0.398. The first-order chi connectivity index (χ1) is 19.3. The molecule has 0 aliphatic heterocycles. The quantitative estimate of drug-likeness (QED) is 0.246. The van der Waals surface area contributed by atoms with Crippen LogP contribution in [0.15, 0.2) is 89.5 Å². The van der Waals surface area contributed by atoms with E-state index >= 15 is 0 Å². The monoisotopic (exact) mass is 552 g/mol. The number of hydrogen-bond donors (Lipinski definition) is 2. The van der Waals surface area contributed by atoms with Crippen LogP contribution in [0.5, 0.6) is 0 Å². The van der Waals surface area contributed by atoms with Gasteiger partial charge in [0.2, 0.25) is 0 Å². The van der Waals surface area contributed by atoms with Gasteiger partial charge in [-0.25, -0.2) is 8.60 Å². The lowest BCUT2D eigenvalue weighted by Gasteiger charge is -2.20. The van der Waals surface area contributed by atoms with Gasteiger partial charge in [-0.3, -0.25) is 14.1 Å². The second-order valence-corrected chi connectivity index (χ2v) is 10.8. The highest BCUT2D eigenvalue weighted by Crippen LogP contribution is 2.41. The summed E-state index contributed by atoms with van der Waals surface area (Å²) in [6, 6.07) is 23.4. The molecule has 0 saturated heterocycles. The minimum Gasteiger partial charge on any atom is -0.455 e. The number of anilines is 1. The van der Waals surface area contributed by atoms with Crippen molar-refractivity contribution in [2.45, 2.75) is 0 Å². The van der Waals surface area contributed by atoms with E-state index in [4.69, 9.17) is 4.42 Å². The highest BCUT2D eigenvalue weighted by atomic mass is 32.2. The first-order valence-electron chi connectivity index (χ1n) is 12.5. The molecule has 6 rings (SSSR count). The second kappa shape index (κ2) is 10.1. The largest absolute Gasteiger partial charge is 0.455 e. The number of hydrogen-bond acceptors (Lipinski definition) is 4.